The SMILES string of the molecule is Cc1cccc(C)c1NC(=O)NCC(C)(C)c1ccccc1. The molecule has 0 saturated carbocycles. The summed E-state index contributed by atoms with van der Waals surface area (Å²) in [4.78, 5) is 12.2. The molecule has 0 fully saturated rings. The van der Waals surface area contributed by atoms with Gasteiger partial charge in [0.05, 0.1) is 0 Å². The summed E-state index contributed by atoms with van der Waals surface area (Å²) >= 11 is 0. The summed E-state index contributed by atoms with van der Waals surface area (Å²) in [5.74, 6) is 0. The van der Waals surface area contributed by atoms with Crippen molar-refractivity contribution in [2.45, 2.75) is 33.1 Å². The Hall–Kier alpha value is -2.29. The van der Waals surface area contributed by atoms with Crippen LogP contribution in [0.2, 0.25) is 0 Å². The fraction of sp³-hybridized carbons (Fsp3) is 0.316. The average Bonchev–Trinajstić information content (AvgIpc) is 2.50. The van der Waals surface area contributed by atoms with E-state index in [0.29, 0.717) is 6.54 Å². The number of anilines is 1. The summed E-state index contributed by atoms with van der Waals surface area (Å²) in [5.41, 5.74) is 4.12. The van der Waals surface area contributed by atoms with Gasteiger partial charge in [-0.05, 0) is 30.5 Å². The molecule has 2 rings (SSSR count). The maximum absolute atomic E-state index is 12.2. The Kier molecular flexibility index (Phi) is 4.86. The second-order valence-electron chi connectivity index (χ2n) is 6.32. The zero-order valence-corrected chi connectivity index (χ0v) is 13.7. The van der Waals surface area contributed by atoms with Gasteiger partial charge in [0.25, 0.3) is 0 Å². The normalized spacial score (nSPS) is 11.1. The molecule has 0 bridgehead atoms. The third-order valence-electron chi connectivity index (χ3n) is 3.97. The number of amides is 2. The molecule has 0 saturated heterocycles. The molecule has 2 amide bonds. The molecule has 0 unspecified atom stereocenters. The van der Waals surface area contributed by atoms with Gasteiger partial charge < -0.3 is 10.6 Å². The first-order valence-corrected chi connectivity index (χ1v) is 7.57. The third-order valence-corrected chi connectivity index (χ3v) is 3.97. The topological polar surface area (TPSA) is 41.1 Å². The van der Waals surface area contributed by atoms with E-state index in [1.165, 1.54) is 5.56 Å². The van der Waals surface area contributed by atoms with Gasteiger partial charge in [-0.2, -0.15) is 0 Å². The zero-order valence-electron chi connectivity index (χ0n) is 13.7. The smallest absolute Gasteiger partial charge is 0.319 e. The molecule has 116 valence electrons. The highest BCUT2D eigenvalue weighted by molar-refractivity contribution is 5.91. The molecule has 0 aliphatic rings. The lowest BCUT2D eigenvalue weighted by Gasteiger charge is -2.26. The van der Waals surface area contributed by atoms with E-state index in [9.17, 15) is 4.79 Å². The van der Waals surface area contributed by atoms with Crippen LogP contribution in [-0.4, -0.2) is 12.6 Å². The summed E-state index contributed by atoms with van der Waals surface area (Å²) in [6.07, 6.45) is 0. The molecule has 0 heterocycles. The van der Waals surface area contributed by atoms with Crippen molar-refractivity contribution in [1.29, 1.82) is 0 Å². The first-order valence-electron chi connectivity index (χ1n) is 7.57. The van der Waals surface area contributed by atoms with Crippen molar-refractivity contribution in [2.75, 3.05) is 11.9 Å². The predicted octanol–water partition coefficient (Wildman–Crippen LogP) is 4.40. The summed E-state index contributed by atoms with van der Waals surface area (Å²) in [7, 11) is 0. The van der Waals surface area contributed by atoms with Gasteiger partial charge in [0.15, 0.2) is 0 Å². The van der Waals surface area contributed by atoms with Crippen molar-refractivity contribution in [2.24, 2.45) is 0 Å². The lowest BCUT2D eigenvalue weighted by Crippen LogP contribution is -2.39. The number of aryl methyl sites for hydroxylation is 2. The van der Waals surface area contributed by atoms with Gasteiger partial charge in [-0.1, -0.05) is 62.4 Å². The fourth-order valence-electron chi connectivity index (χ4n) is 2.46. The Morgan fingerprint density at radius 1 is 0.955 bits per heavy atom. The fourth-order valence-corrected chi connectivity index (χ4v) is 2.46. The molecule has 0 spiro atoms. The van der Waals surface area contributed by atoms with Crippen molar-refractivity contribution in [3.05, 3.63) is 65.2 Å². The van der Waals surface area contributed by atoms with Crippen molar-refractivity contribution in [3.63, 3.8) is 0 Å². The molecule has 0 radical (unpaired) electrons. The number of carbonyl (C=O) groups is 1. The minimum Gasteiger partial charge on any atom is -0.337 e. The summed E-state index contributed by atoms with van der Waals surface area (Å²) in [6, 6.07) is 16.0. The highest BCUT2D eigenvalue weighted by Crippen LogP contribution is 2.22. The predicted molar refractivity (Wildman–Crippen MR) is 92.4 cm³/mol. The molecule has 2 aromatic rings. The van der Waals surface area contributed by atoms with Crippen molar-refractivity contribution >= 4 is 11.7 Å². The lowest BCUT2D eigenvalue weighted by molar-refractivity contribution is 0.249. The minimum atomic E-state index is -0.165. The van der Waals surface area contributed by atoms with Crippen LogP contribution in [0.3, 0.4) is 0 Å². The van der Waals surface area contributed by atoms with E-state index in [-0.39, 0.29) is 11.4 Å². The van der Waals surface area contributed by atoms with E-state index in [1.54, 1.807) is 0 Å². The number of nitrogens with one attached hydrogen (secondary N) is 2. The van der Waals surface area contributed by atoms with Gasteiger partial charge in [0, 0.05) is 17.6 Å². The van der Waals surface area contributed by atoms with Crippen LogP contribution in [-0.2, 0) is 5.41 Å². The third kappa shape index (κ3) is 3.88. The molecular formula is C19H24N2O. The zero-order chi connectivity index (χ0) is 16.2. The van der Waals surface area contributed by atoms with Crippen LogP contribution in [0.4, 0.5) is 10.5 Å². The summed E-state index contributed by atoms with van der Waals surface area (Å²) < 4.78 is 0. The number of urea groups is 1. The lowest BCUT2D eigenvalue weighted by atomic mass is 9.85. The van der Waals surface area contributed by atoms with Crippen molar-refractivity contribution in [3.8, 4) is 0 Å². The van der Waals surface area contributed by atoms with Gasteiger partial charge in [-0.3, -0.25) is 0 Å². The molecule has 0 aliphatic heterocycles. The van der Waals surface area contributed by atoms with E-state index < -0.39 is 0 Å². The number of para-hydroxylation sites is 1. The van der Waals surface area contributed by atoms with Crippen LogP contribution in [0.25, 0.3) is 0 Å². The maximum atomic E-state index is 12.2. The van der Waals surface area contributed by atoms with Crippen LogP contribution >= 0.6 is 0 Å². The molecule has 3 heteroatoms. The van der Waals surface area contributed by atoms with E-state index in [4.69, 9.17) is 0 Å². The quantitative estimate of drug-likeness (QED) is 0.862. The number of rotatable bonds is 4. The molecule has 0 aliphatic carbocycles. The molecule has 22 heavy (non-hydrogen) atoms. The van der Waals surface area contributed by atoms with E-state index >= 15 is 0 Å². The van der Waals surface area contributed by atoms with Crippen LogP contribution in [0.1, 0.15) is 30.5 Å². The Balaban J connectivity index is 1.99. The number of benzene rings is 2. The monoisotopic (exact) mass is 296 g/mol. The summed E-state index contributed by atoms with van der Waals surface area (Å²) in [5, 5.41) is 5.93. The number of hydrogen-bond acceptors (Lipinski definition) is 1. The maximum Gasteiger partial charge on any atom is 0.319 e. The van der Waals surface area contributed by atoms with Gasteiger partial charge >= 0.3 is 6.03 Å². The standard InChI is InChI=1S/C19H24N2O/c1-14-9-8-10-15(2)17(14)21-18(22)20-13-19(3,4)16-11-6-5-7-12-16/h5-12H,13H2,1-4H3,(H2,20,21,22). The average molecular weight is 296 g/mol. The Morgan fingerprint density at radius 2 is 1.55 bits per heavy atom. The second-order valence-corrected chi connectivity index (χ2v) is 6.32. The summed E-state index contributed by atoms with van der Waals surface area (Å²) in [6.45, 7) is 8.82. The Morgan fingerprint density at radius 3 is 2.14 bits per heavy atom. The van der Waals surface area contributed by atoms with Crippen LogP contribution in [0.15, 0.2) is 48.5 Å². The van der Waals surface area contributed by atoms with Crippen molar-refractivity contribution in [1.82, 2.24) is 5.32 Å². The molecule has 2 aromatic carbocycles. The molecule has 2 N–H and O–H groups in total. The molecule has 0 atom stereocenters. The van der Waals surface area contributed by atoms with Gasteiger partial charge in [0.1, 0.15) is 0 Å². The van der Waals surface area contributed by atoms with Crippen LogP contribution in [0.5, 0.6) is 0 Å². The van der Waals surface area contributed by atoms with Gasteiger partial charge in [0.2, 0.25) is 0 Å². The first-order chi connectivity index (χ1) is 10.4. The highest BCUT2D eigenvalue weighted by Gasteiger charge is 2.21. The number of hydrogen-bond donors (Lipinski definition) is 2. The van der Waals surface area contributed by atoms with E-state index in [0.717, 1.165) is 16.8 Å². The van der Waals surface area contributed by atoms with Gasteiger partial charge in [-0.25, -0.2) is 4.79 Å². The van der Waals surface area contributed by atoms with Crippen LogP contribution in [0, 0.1) is 13.8 Å². The second kappa shape index (κ2) is 6.65. The van der Waals surface area contributed by atoms with E-state index in [1.807, 2.05) is 50.2 Å². The number of carbonyl (C=O) groups excluding carboxylic acids is 1. The van der Waals surface area contributed by atoms with E-state index in [2.05, 4.69) is 36.6 Å². The first kappa shape index (κ1) is 16.1. The molecular weight excluding hydrogens is 272 g/mol. The van der Waals surface area contributed by atoms with Gasteiger partial charge in [-0.15, -0.1) is 0 Å². The largest absolute Gasteiger partial charge is 0.337 e. The highest BCUT2D eigenvalue weighted by atomic mass is 16.2. The molecule has 0 aromatic heterocycles. The minimum absolute atomic E-state index is 0.112. The van der Waals surface area contributed by atoms with Crippen LogP contribution < -0.4 is 10.6 Å². The Bertz CT molecular complexity index is 627. The van der Waals surface area contributed by atoms with Crippen molar-refractivity contribution < 1.29 is 4.79 Å². The Labute approximate surface area is 132 Å². The molecule has 3 nitrogen and oxygen atoms in total.